The first-order valence-electron chi connectivity index (χ1n) is 8.55. The molecule has 130 valence electrons. The lowest BCUT2D eigenvalue weighted by atomic mass is 10.0. The molecule has 1 saturated heterocycles. The fourth-order valence-corrected chi connectivity index (χ4v) is 3.71. The van der Waals surface area contributed by atoms with Gasteiger partial charge in [0, 0.05) is 23.9 Å². The first-order valence-corrected chi connectivity index (χ1v) is 8.55. The highest BCUT2D eigenvalue weighted by Gasteiger charge is 2.28. The summed E-state index contributed by atoms with van der Waals surface area (Å²) in [5.41, 5.74) is 3.08. The Labute approximate surface area is 146 Å². The second kappa shape index (κ2) is 6.27. The number of ether oxygens (including phenoxy) is 2. The highest BCUT2D eigenvalue weighted by Crippen LogP contribution is 2.40. The molecule has 0 N–H and O–H groups in total. The zero-order chi connectivity index (χ0) is 17.4. The lowest BCUT2D eigenvalue weighted by Gasteiger charge is -2.28. The topological polar surface area (TPSA) is 64.8 Å². The highest BCUT2D eigenvalue weighted by molar-refractivity contribution is 5.58. The predicted molar refractivity (Wildman–Crippen MR) is 94.6 cm³/mol. The van der Waals surface area contributed by atoms with Crippen molar-refractivity contribution in [3.8, 4) is 11.5 Å². The molecule has 2 aromatic rings. The summed E-state index contributed by atoms with van der Waals surface area (Å²) in [5, 5.41) is 11.0. The van der Waals surface area contributed by atoms with Gasteiger partial charge in [0.2, 0.25) is 0 Å². The molecule has 6 nitrogen and oxygen atoms in total. The highest BCUT2D eigenvalue weighted by atomic mass is 16.6. The molecule has 2 aliphatic heterocycles. The van der Waals surface area contributed by atoms with Crippen LogP contribution in [0.1, 0.15) is 30.0 Å². The van der Waals surface area contributed by atoms with E-state index in [9.17, 15) is 10.1 Å². The van der Waals surface area contributed by atoms with Gasteiger partial charge in [0.05, 0.1) is 11.0 Å². The van der Waals surface area contributed by atoms with Gasteiger partial charge in [-0.05, 0) is 49.6 Å². The van der Waals surface area contributed by atoms with Gasteiger partial charge in [-0.3, -0.25) is 10.1 Å². The molecule has 0 aliphatic carbocycles. The van der Waals surface area contributed by atoms with Crippen molar-refractivity contribution in [3.05, 3.63) is 57.6 Å². The monoisotopic (exact) mass is 340 g/mol. The van der Waals surface area contributed by atoms with Gasteiger partial charge in [-0.25, -0.2) is 0 Å². The maximum Gasteiger partial charge on any atom is 0.272 e. The maximum atomic E-state index is 11.0. The minimum atomic E-state index is -0.332. The standard InChI is InChI=1S/C19H20N2O4/c1-13-11-15(5-6-16(13)21(22)23)20-8-2-3-17(20)14-4-7-18-19(12-14)25-10-9-24-18/h4-7,11-12,17H,2-3,8-10H2,1H3. The number of benzene rings is 2. The molecule has 1 atom stereocenters. The SMILES string of the molecule is Cc1cc(N2CCCC2c2ccc3c(c2)OCCO3)ccc1[N+](=O)[O-]. The Kier molecular flexibility index (Phi) is 3.95. The summed E-state index contributed by atoms with van der Waals surface area (Å²) in [6, 6.07) is 11.7. The van der Waals surface area contributed by atoms with Crippen molar-refractivity contribution in [3.63, 3.8) is 0 Å². The van der Waals surface area contributed by atoms with E-state index in [1.165, 1.54) is 5.56 Å². The van der Waals surface area contributed by atoms with Gasteiger partial charge >= 0.3 is 0 Å². The van der Waals surface area contributed by atoms with E-state index in [0.717, 1.165) is 36.6 Å². The number of fused-ring (bicyclic) bond motifs is 1. The Bertz CT molecular complexity index is 821. The molecule has 2 aliphatic rings. The molecule has 6 heteroatoms. The molecular weight excluding hydrogens is 320 g/mol. The summed E-state index contributed by atoms with van der Waals surface area (Å²) >= 11 is 0. The molecule has 0 bridgehead atoms. The average Bonchev–Trinajstić information content (AvgIpc) is 3.10. The van der Waals surface area contributed by atoms with E-state index in [1.54, 1.807) is 13.0 Å². The van der Waals surface area contributed by atoms with E-state index in [1.807, 2.05) is 18.2 Å². The summed E-state index contributed by atoms with van der Waals surface area (Å²) in [7, 11) is 0. The van der Waals surface area contributed by atoms with Crippen LogP contribution in [0.4, 0.5) is 11.4 Å². The van der Waals surface area contributed by atoms with Crippen molar-refractivity contribution in [1.82, 2.24) is 0 Å². The number of hydrogen-bond acceptors (Lipinski definition) is 5. The first-order chi connectivity index (χ1) is 12.1. The molecule has 25 heavy (non-hydrogen) atoms. The van der Waals surface area contributed by atoms with Gasteiger partial charge in [0.25, 0.3) is 5.69 Å². The van der Waals surface area contributed by atoms with Gasteiger partial charge in [-0.15, -0.1) is 0 Å². The predicted octanol–water partition coefficient (Wildman–Crippen LogP) is 4.02. The van der Waals surface area contributed by atoms with Gasteiger partial charge in [0.15, 0.2) is 11.5 Å². The van der Waals surface area contributed by atoms with Crippen molar-refractivity contribution < 1.29 is 14.4 Å². The molecular formula is C19H20N2O4. The smallest absolute Gasteiger partial charge is 0.272 e. The van der Waals surface area contributed by atoms with Crippen LogP contribution in [0.2, 0.25) is 0 Å². The second-order valence-electron chi connectivity index (χ2n) is 6.48. The Morgan fingerprint density at radius 1 is 1.12 bits per heavy atom. The lowest BCUT2D eigenvalue weighted by molar-refractivity contribution is -0.385. The largest absolute Gasteiger partial charge is 0.486 e. The third-order valence-electron chi connectivity index (χ3n) is 4.91. The number of nitro groups is 1. The zero-order valence-corrected chi connectivity index (χ0v) is 14.1. The van der Waals surface area contributed by atoms with Gasteiger partial charge < -0.3 is 14.4 Å². The molecule has 0 radical (unpaired) electrons. The first kappa shape index (κ1) is 15.7. The van der Waals surface area contributed by atoms with Gasteiger partial charge in [-0.1, -0.05) is 6.07 Å². The molecule has 2 heterocycles. The summed E-state index contributed by atoms with van der Waals surface area (Å²) < 4.78 is 11.3. The van der Waals surface area contributed by atoms with E-state index in [4.69, 9.17) is 9.47 Å². The number of anilines is 1. The third-order valence-corrected chi connectivity index (χ3v) is 4.91. The molecule has 0 amide bonds. The van der Waals surface area contributed by atoms with Crippen molar-refractivity contribution in [2.75, 3.05) is 24.7 Å². The summed E-state index contributed by atoms with van der Waals surface area (Å²) in [6.07, 6.45) is 2.14. The Morgan fingerprint density at radius 2 is 1.92 bits per heavy atom. The third kappa shape index (κ3) is 2.88. The number of rotatable bonds is 3. The van der Waals surface area contributed by atoms with Crippen LogP contribution in [0.5, 0.6) is 11.5 Å². The summed E-state index contributed by atoms with van der Waals surface area (Å²) in [4.78, 5) is 13.0. The number of hydrogen-bond donors (Lipinski definition) is 0. The average molecular weight is 340 g/mol. The van der Waals surface area contributed by atoms with Crippen molar-refractivity contribution in [2.45, 2.75) is 25.8 Å². The van der Waals surface area contributed by atoms with E-state index < -0.39 is 0 Å². The Morgan fingerprint density at radius 3 is 2.68 bits per heavy atom. The molecule has 1 fully saturated rings. The number of nitro benzene ring substituents is 1. The number of nitrogens with zero attached hydrogens (tertiary/aromatic N) is 2. The van der Waals surface area contributed by atoms with Crippen LogP contribution in [0.3, 0.4) is 0 Å². The van der Waals surface area contributed by atoms with Gasteiger partial charge in [0.1, 0.15) is 13.2 Å². The van der Waals surface area contributed by atoms with Crippen LogP contribution in [0.25, 0.3) is 0 Å². The molecule has 0 aromatic heterocycles. The van der Waals surface area contributed by atoms with Crippen LogP contribution >= 0.6 is 0 Å². The Balaban J connectivity index is 1.64. The van der Waals surface area contributed by atoms with Crippen LogP contribution in [0, 0.1) is 17.0 Å². The van der Waals surface area contributed by atoms with Crippen molar-refractivity contribution in [2.24, 2.45) is 0 Å². The molecule has 4 rings (SSSR count). The molecule has 2 aromatic carbocycles. The normalized spacial score (nSPS) is 19.1. The molecule has 1 unspecified atom stereocenters. The summed E-state index contributed by atoms with van der Waals surface area (Å²) in [6.45, 7) is 3.89. The fourth-order valence-electron chi connectivity index (χ4n) is 3.71. The minimum absolute atomic E-state index is 0.166. The van der Waals surface area contributed by atoms with E-state index >= 15 is 0 Å². The molecule has 0 saturated carbocycles. The van der Waals surface area contributed by atoms with Crippen LogP contribution in [-0.4, -0.2) is 24.7 Å². The van der Waals surface area contributed by atoms with E-state index in [2.05, 4.69) is 17.0 Å². The maximum absolute atomic E-state index is 11.0. The second-order valence-corrected chi connectivity index (χ2v) is 6.48. The summed E-state index contributed by atoms with van der Waals surface area (Å²) in [5.74, 6) is 1.60. The van der Waals surface area contributed by atoms with Crippen molar-refractivity contribution >= 4 is 11.4 Å². The zero-order valence-electron chi connectivity index (χ0n) is 14.1. The van der Waals surface area contributed by atoms with E-state index in [-0.39, 0.29) is 16.7 Å². The van der Waals surface area contributed by atoms with Crippen LogP contribution in [-0.2, 0) is 0 Å². The van der Waals surface area contributed by atoms with Crippen LogP contribution < -0.4 is 14.4 Å². The Hall–Kier alpha value is -2.76. The van der Waals surface area contributed by atoms with E-state index in [0.29, 0.717) is 18.8 Å². The lowest BCUT2D eigenvalue weighted by Crippen LogP contribution is -2.23. The minimum Gasteiger partial charge on any atom is -0.486 e. The van der Waals surface area contributed by atoms with Gasteiger partial charge in [-0.2, -0.15) is 0 Å². The molecule has 0 spiro atoms. The van der Waals surface area contributed by atoms with Crippen LogP contribution in [0.15, 0.2) is 36.4 Å². The van der Waals surface area contributed by atoms with Crippen molar-refractivity contribution in [1.29, 1.82) is 0 Å². The fraction of sp³-hybridized carbons (Fsp3) is 0.368. The number of aryl methyl sites for hydroxylation is 1. The quantitative estimate of drug-likeness (QED) is 0.624.